The van der Waals surface area contributed by atoms with Crippen molar-refractivity contribution in [2.75, 3.05) is 26.2 Å². The van der Waals surface area contributed by atoms with Crippen LogP contribution in [0.1, 0.15) is 41.5 Å². The molecule has 1 atom stereocenters. The van der Waals surface area contributed by atoms with Gasteiger partial charge in [0.15, 0.2) is 0 Å². The van der Waals surface area contributed by atoms with Crippen LogP contribution in [0.3, 0.4) is 0 Å². The molecule has 0 aromatic carbocycles. The number of carbonyl (C=O) groups excluding carboxylic acids is 1. The Kier molecular flexibility index (Phi) is 5.17. The molecule has 0 saturated carbocycles. The SMILES string of the molecule is CC(C)OC(C)C(=O)N1CCN(C(C)(C)C)CC1. The molecule has 1 aliphatic rings. The zero-order chi connectivity index (χ0) is 13.9. The smallest absolute Gasteiger partial charge is 0.251 e. The van der Waals surface area contributed by atoms with E-state index in [0.29, 0.717) is 0 Å². The van der Waals surface area contributed by atoms with E-state index in [2.05, 4.69) is 25.7 Å². The maximum Gasteiger partial charge on any atom is 0.251 e. The molecule has 1 amide bonds. The van der Waals surface area contributed by atoms with Gasteiger partial charge in [-0.1, -0.05) is 0 Å². The summed E-state index contributed by atoms with van der Waals surface area (Å²) in [5, 5.41) is 0. The Bertz CT molecular complexity index is 276. The number of nitrogens with zero attached hydrogens (tertiary/aromatic N) is 2. The quantitative estimate of drug-likeness (QED) is 0.771. The lowest BCUT2D eigenvalue weighted by Gasteiger charge is -2.42. The van der Waals surface area contributed by atoms with Crippen molar-refractivity contribution < 1.29 is 9.53 Å². The largest absolute Gasteiger partial charge is 0.366 e. The van der Waals surface area contributed by atoms with Gasteiger partial charge in [0.25, 0.3) is 5.91 Å². The van der Waals surface area contributed by atoms with E-state index < -0.39 is 0 Å². The van der Waals surface area contributed by atoms with Crippen LogP contribution in [0.5, 0.6) is 0 Å². The molecular formula is C14H28N2O2. The molecule has 1 fully saturated rings. The second-order valence-corrected chi connectivity index (χ2v) is 6.31. The lowest BCUT2D eigenvalue weighted by molar-refractivity contribution is -0.147. The standard InChI is InChI=1S/C14H28N2O2/c1-11(2)18-12(3)13(17)15-7-9-16(10-8-15)14(4,5)6/h11-12H,7-10H2,1-6H3. The predicted octanol–water partition coefficient (Wildman–Crippen LogP) is 1.74. The highest BCUT2D eigenvalue weighted by Gasteiger charge is 2.29. The van der Waals surface area contributed by atoms with Gasteiger partial charge in [-0.3, -0.25) is 9.69 Å². The van der Waals surface area contributed by atoms with Gasteiger partial charge in [-0.25, -0.2) is 0 Å². The molecule has 0 bridgehead atoms. The van der Waals surface area contributed by atoms with E-state index in [1.54, 1.807) is 0 Å². The van der Waals surface area contributed by atoms with E-state index in [-0.39, 0.29) is 23.7 Å². The Hall–Kier alpha value is -0.610. The average molecular weight is 256 g/mol. The maximum atomic E-state index is 12.2. The van der Waals surface area contributed by atoms with Gasteiger partial charge in [-0.05, 0) is 41.5 Å². The zero-order valence-electron chi connectivity index (χ0n) is 12.7. The monoisotopic (exact) mass is 256 g/mol. The van der Waals surface area contributed by atoms with Crippen LogP contribution in [0, 0.1) is 0 Å². The summed E-state index contributed by atoms with van der Waals surface area (Å²) in [4.78, 5) is 16.5. The van der Waals surface area contributed by atoms with E-state index in [0.717, 1.165) is 26.2 Å². The third-order valence-electron chi connectivity index (χ3n) is 3.36. The molecule has 0 radical (unpaired) electrons. The normalized spacial score (nSPS) is 20.3. The molecular weight excluding hydrogens is 228 g/mol. The van der Waals surface area contributed by atoms with Gasteiger partial charge in [0, 0.05) is 31.7 Å². The minimum atomic E-state index is -0.328. The summed E-state index contributed by atoms with van der Waals surface area (Å²) in [6.45, 7) is 15.9. The Morgan fingerprint density at radius 3 is 1.94 bits per heavy atom. The van der Waals surface area contributed by atoms with E-state index in [9.17, 15) is 4.79 Å². The summed E-state index contributed by atoms with van der Waals surface area (Å²) in [7, 11) is 0. The fourth-order valence-corrected chi connectivity index (χ4v) is 2.32. The molecule has 1 saturated heterocycles. The molecule has 4 heteroatoms. The second-order valence-electron chi connectivity index (χ2n) is 6.31. The fraction of sp³-hybridized carbons (Fsp3) is 0.929. The topological polar surface area (TPSA) is 32.8 Å². The van der Waals surface area contributed by atoms with Crippen molar-refractivity contribution in [2.45, 2.75) is 59.3 Å². The number of ether oxygens (including phenoxy) is 1. The van der Waals surface area contributed by atoms with Gasteiger partial charge in [0.2, 0.25) is 0 Å². The molecule has 0 aliphatic carbocycles. The number of hydrogen-bond donors (Lipinski definition) is 0. The van der Waals surface area contributed by atoms with Crippen molar-refractivity contribution in [3.63, 3.8) is 0 Å². The Balaban J connectivity index is 2.45. The number of carbonyl (C=O) groups is 1. The minimum Gasteiger partial charge on any atom is -0.366 e. The number of rotatable bonds is 3. The minimum absolute atomic E-state index is 0.0971. The molecule has 0 aromatic rings. The van der Waals surface area contributed by atoms with E-state index in [4.69, 9.17) is 4.74 Å². The van der Waals surface area contributed by atoms with E-state index in [1.165, 1.54) is 0 Å². The van der Waals surface area contributed by atoms with Gasteiger partial charge >= 0.3 is 0 Å². The average Bonchev–Trinajstić information content (AvgIpc) is 2.26. The van der Waals surface area contributed by atoms with Crippen molar-refractivity contribution in [3.05, 3.63) is 0 Å². The van der Waals surface area contributed by atoms with E-state index in [1.807, 2.05) is 25.7 Å². The van der Waals surface area contributed by atoms with Gasteiger partial charge in [-0.2, -0.15) is 0 Å². The van der Waals surface area contributed by atoms with Crippen LogP contribution < -0.4 is 0 Å². The summed E-state index contributed by atoms with van der Waals surface area (Å²) < 4.78 is 5.55. The van der Waals surface area contributed by atoms with Crippen molar-refractivity contribution in [2.24, 2.45) is 0 Å². The van der Waals surface area contributed by atoms with Crippen molar-refractivity contribution in [3.8, 4) is 0 Å². The molecule has 4 nitrogen and oxygen atoms in total. The molecule has 106 valence electrons. The molecule has 0 aromatic heterocycles. The Morgan fingerprint density at radius 1 is 1.06 bits per heavy atom. The van der Waals surface area contributed by atoms with Crippen molar-refractivity contribution in [1.82, 2.24) is 9.80 Å². The molecule has 18 heavy (non-hydrogen) atoms. The number of piperazine rings is 1. The zero-order valence-corrected chi connectivity index (χ0v) is 12.7. The third kappa shape index (κ3) is 4.25. The van der Waals surface area contributed by atoms with Crippen LogP contribution in [-0.4, -0.2) is 59.6 Å². The first-order valence-electron chi connectivity index (χ1n) is 6.91. The molecule has 1 rings (SSSR count). The van der Waals surface area contributed by atoms with Crippen LogP contribution in [0.4, 0.5) is 0 Å². The van der Waals surface area contributed by atoms with Crippen LogP contribution in [0.15, 0.2) is 0 Å². The molecule has 0 spiro atoms. The van der Waals surface area contributed by atoms with Gasteiger partial charge < -0.3 is 9.64 Å². The first-order chi connectivity index (χ1) is 8.21. The van der Waals surface area contributed by atoms with Crippen LogP contribution in [0.25, 0.3) is 0 Å². The molecule has 0 N–H and O–H groups in total. The molecule has 1 aliphatic heterocycles. The maximum absolute atomic E-state index is 12.2. The van der Waals surface area contributed by atoms with Crippen molar-refractivity contribution in [1.29, 1.82) is 0 Å². The number of hydrogen-bond acceptors (Lipinski definition) is 3. The predicted molar refractivity (Wildman–Crippen MR) is 73.6 cm³/mol. The fourth-order valence-electron chi connectivity index (χ4n) is 2.32. The Labute approximate surface area is 111 Å². The lowest BCUT2D eigenvalue weighted by atomic mass is 10.0. The van der Waals surface area contributed by atoms with Crippen LogP contribution in [0.2, 0.25) is 0 Å². The van der Waals surface area contributed by atoms with Crippen LogP contribution in [-0.2, 0) is 9.53 Å². The van der Waals surface area contributed by atoms with E-state index >= 15 is 0 Å². The molecule has 1 unspecified atom stereocenters. The first-order valence-corrected chi connectivity index (χ1v) is 6.91. The Morgan fingerprint density at radius 2 is 1.56 bits per heavy atom. The summed E-state index contributed by atoms with van der Waals surface area (Å²) in [5.74, 6) is 0.122. The summed E-state index contributed by atoms with van der Waals surface area (Å²) in [5.41, 5.74) is 0.190. The van der Waals surface area contributed by atoms with Gasteiger partial charge in [0.05, 0.1) is 6.10 Å². The molecule has 1 heterocycles. The third-order valence-corrected chi connectivity index (χ3v) is 3.36. The van der Waals surface area contributed by atoms with Gasteiger partial charge in [-0.15, -0.1) is 0 Å². The first kappa shape index (κ1) is 15.4. The summed E-state index contributed by atoms with van der Waals surface area (Å²) in [6.07, 6.45) is -0.231. The summed E-state index contributed by atoms with van der Waals surface area (Å²) >= 11 is 0. The van der Waals surface area contributed by atoms with Crippen molar-refractivity contribution >= 4 is 5.91 Å². The van der Waals surface area contributed by atoms with Gasteiger partial charge in [0.1, 0.15) is 6.10 Å². The highest BCUT2D eigenvalue weighted by atomic mass is 16.5. The summed E-state index contributed by atoms with van der Waals surface area (Å²) in [6, 6.07) is 0. The van der Waals surface area contributed by atoms with Crippen LogP contribution >= 0.6 is 0 Å². The number of amides is 1. The highest BCUT2D eigenvalue weighted by molar-refractivity contribution is 5.80. The lowest BCUT2D eigenvalue weighted by Crippen LogP contribution is -2.56. The highest BCUT2D eigenvalue weighted by Crippen LogP contribution is 2.16. The second kappa shape index (κ2) is 6.02.